The minimum atomic E-state index is -4.25. The highest BCUT2D eigenvalue weighted by Gasteiger charge is 2.29. The topological polar surface area (TPSA) is 9.23 Å². The van der Waals surface area contributed by atoms with Crippen LogP contribution in [0.15, 0.2) is 0 Å². The Balaban J connectivity index is 3.11. The van der Waals surface area contributed by atoms with Gasteiger partial charge in [-0.3, -0.25) is 0 Å². The monoisotopic (exact) mass is 146 g/mol. The maximum atomic E-state index is 11.1. The zero-order chi connectivity index (χ0) is 6.62. The molecule has 0 unspecified atom stereocenters. The average Bonchev–Trinajstić information content (AvgIpc) is 1.59. The first kappa shape index (κ1) is 8.10. The molecule has 0 aliphatic heterocycles. The fraction of sp³-hybridized carbons (Fsp3) is 1.00. The smallest absolute Gasteiger partial charge is 0.308 e. The van der Waals surface area contributed by atoms with Crippen LogP contribution in [-0.4, -0.2) is 12.1 Å². The van der Waals surface area contributed by atoms with Gasteiger partial charge < -0.3 is 4.18 Å². The Kier molecular flexibility index (Phi) is 3.23. The van der Waals surface area contributed by atoms with Crippen molar-refractivity contribution in [2.45, 2.75) is 12.4 Å². The lowest BCUT2D eigenvalue weighted by molar-refractivity contribution is -0.0395. The molecule has 0 saturated heterocycles. The van der Waals surface area contributed by atoms with E-state index in [0.717, 1.165) is 0 Å². The number of alkyl halides is 3. The molecule has 0 N–H and O–H groups in total. The molecule has 5 heteroatoms. The van der Waals surface area contributed by atoms with Crippen molar-refractivity contribution in [1.82, 2.24) is 0 Å². The van der Waals surface area contributed by atoms with Crippen LogP contribution in [0.2, 0.25) is 0 Å². The van der Waals surface area contributed by atoms with E-state index in [9.17, 15) is 13.2 Å². The van der Waals surface area contributed by atoms with Crippen molar-refractivity contribution in [2.75, 3.05) is 6.61 Å². The first-order valence-electron chi connectivity index (χ1n) is 1.93. The molecule has 0 saturated carbocycles. The standard InChI is InChI=1S/C3H5F3OS/c1-2-7-8-3(4,5)6/h2H2,1H3. The van der Waals surface area contributed by atoms with Crippen LogP contribution in [-0.2, 0) is 4.18 Å². The summed E-state index contributed by atoms with van der Waals surface area (Å²) in [5.41, 5.74) is -4.25. The number of hydrogen-bond donors (Lipinski definition) is 0. The summed E-state index contributed by atoms with van der Waals surface area (Å²) in [4.78, 5) is 0. The summed E-state index contributed by atoms with van der Waals surface area (Å²) in [7, 11) is 0. The van der Waals surface area contributed by atoms with Crippen molar-refractivity contribution in [3.05, 3.63) is 0 Å². The van der Waals surface area contributed by atoms with E-state index in [1.54, 1.807) is 0 Å². The van der Waals surface area contributed by atoms with E-state index < -0.39 is 17.6 Å². The number of rotatable bonds is 2. The van der Waals surface area contributed by atoms with Gasteiger partial charge in [-0.2, -0.15) is 13.2 Å². The van der Waals surface area contributed by atoms with Crippen molar-refractivity contribution >= 4 is 12.0 Å². The predicted octanol–water partition coefficient (Wildman–Crippen LogP) is 2.19. The SMILES string of the molecule is CCOSC(F)(F)F. The lowest BCUT2D eigenvalue weighted by Crippen LogP contribution is -2.00. The van der Waals surface area contributed by atoms with Crippen LogP contribution in [0, 0.1) is 0 Å². The van der Waals surface area contributed by atoms with Crippen LogP contribution in [0.1, 0.15) is 6.92 Å². The molecule has 0 aliphatic carbocycles. The maximum Gasteiger partial charge on any atom is 0.467 e. The van der Waals surface area contributed by atoms with Crippen molar-refractivity contribution in [1.29, 1.82) is 0 Å². The summed E-state index contributed by atoms with van der Waals surface area (Å²) in [6, 6.07) is 0. The first-order chi connectivity index (χ1) is 3.56. The molecule has 0 rings (SSSR count). The molecule has 0 spiro atoms. The van der Waals surface area contributed by atoms with Gasteiger partial charge in [0.25, 0.3) is 0 Å². The highest BCUT2D eigenvalue weighted by Crippen LogP contribution is 2.30. The highest BCUT2D eigenvalue weighted by atomic mass is 32.2. The van der Waals surface area contributed by atoms with Gasteiger partial charge in [-0.15, -0.1) is 0 Å². The quantitative estimate of drug-likeness (QED) is 0.552. The third-order valence-electron chi connectivity index (χ3n) is 0.271. The zero-order valence-corrected chi connectivity index (χ0v) is 4.97. The first-order valence-corrected chi connectivity index (χ1v) is 2.68. The molecule has 1 nitrogen and oxygen atoms in total. The maximum absolute atomic E-state index is 11.1. The molecule has 0 atom stereocenters. The largest absolute Gasteiger partial charge is 0.467 e. The van der Waals surface area contributed by atoms with Crippen LogP contribution in [0.3, 0.4) is 0 Å². The third-order valence-corrected chi connectivity index (χ3v) is 0.814. The summed E-state index contributed by atoms with van der Waals surface area (Å²) < 4.78 is 37.2. The molecule has 0 heterocycles. The summed E-state index contributed by atoms with van der Waals surface area (Å²) in [6.45, 7) is 1.57. The molecule has 0 aromatic heterocycles. The summed E-state index contributed by atoms with van der Waals surface area (Å²) in [5.74, 6) is 0. The van der Waals surface area contributed by atoms with E-state index in [1.165, 1.54) is 6.92 Å². The lowest BCUT2D eigenvalue weighted by Gasteiger charge is -2.01. The van der Waals surface area contributed by atoms with E-state index >= 15 is 0 Å². The Morgan fingerprint density at radius 3 is 2.12 bits per heavy atom. The van der Waals surface area contributed by atoms with E-state index in [-0.39, 0.29) is 6.61 Å². The van der Waals surface area contributed by atoms with Crippen LogP contribution in [0.4, 0.5) is 13.2 Å². The van der Waals surface area contributed by atoms with E-state index in [1.807, 2.05) is 0 Å². The molecule has 50 valence electrons. The second-order valence-corrected chi connectivity index (χ2v) is 1.80. The minimum Gasteiger partial charge on any atom is -0.308 e. The molecule has 0 aromatic carbocycles. The van der Waals surface area contributed by atoms with Gasteiger partial charge in [0.1, 0.15) is 12.0 Å². The normalized spacial score (nSPS) is 12.0. The number of hydrogen-bond acceptors (Lipinski definition) is 2. The fourth-order valence-corrected chi connectivity index (χ4v) is 0.377. The van der Waals surface area contributed by atoms with Crippen molar-refractivity contribution in [3.8, 4) is 0 Å². The van der Waals surface area contributed by atoms with Gasteiger partial charge in [0.15, 0.2) is 0 Å². The number of halogens is 3. The molecule has 0 fully saturated rings. The van der Waals surface area contributed by atoms with Crippen LogP contribution in [0.25, 0.3) is 0 Å². The molecule has 0 bridgehead atoms. The van der Waals surface area contributed by atoms with Crippen LogP contribution in [0.5, 0.6) is 0 Å². The Morgan fingerprint density at radius 2 is 2.00 bits per heavy atom. The second-order valence-electron chi connectivity index (χ2n) is 0.936. The van der Waals surface area contributed by atoms with E-state index in [4.69, 9.17) is 0 Å². The van der Waals surface area contributed by atoms with Crippen molar-refractivity contribution < 1.29 is 17.4 Å². The molecule has 8 heavy (non-hydrogen) atoms. The summed E-state index contributed by atoms with van der Waals surface area (Å²) in [6.07, 6.45) is 0. The fourth-order valence-electron chi connectivity index (χ4n) is 0.126. The summed E-state index contributed by atoms with van der Waals surface area (Å²) >= 11 is -0.466. The zero-order valence-electron chi connectivity index (χ0n) is 4.16. The van der Waals surface area contributed by atoms with Gasteiger partial charge in [0.2, 0.25) is 0 Å². The molecule has 0 aliphatic rings. The Labute approximate surface area is 49.4 Å². The van der Waals surface area contributed by atoms with Crippen molar-refractivity contribution in [2.24, 2.45) is 0 Å². The van der Waals surface area contributed by atoms with Gasteiger partial charge in [-0.05, 0) is 6.92 Å². The van der Waals surface area contributed by atoms with Crippen molar-refractivity contribution in [3.63, 3.8) is 0 Å². The molecular weight excluding hydrogens is 141 g/mol. The van der Waals surface area contributed by atoms with E-state index in [0.29, 0.717) is 0 Å². The molecule has 0 aromatic rings. The van der Waals surface area contributed by atoms with Gasteiger partial charge >= 0.3 is 5.51 Å². The molecular formula is C3H5F3OS. The second kappa shape index (κ2) is 3.19. The van der Waals surface area contributed by atoms with Crippen LogP contribution >= 0.6 is 12.0 Å². The third kappa shape index (κ3) is 6.10. The summed E-state index contributed by atoms with van der Waals surface area (Å²) in [5, 5.41) is 0. The average molecular weight is 146 g/mol. The van der Waals surface area contributed by atoms with E-state index in [2.05, 4.69) is 4.18 Å². The predicted molar refractivity (Wildman–Crippen MR) is 25.3 cm³/mol. The Morgan fingerprint density at radius 1 is 1.50 bits per heavy atom. The Bertz CT molecular complexity index is 62.0. The lowest BCUT2D eigenvalue weighted by atomic mass is 10.9. The molecule has 0 radical (unpaired) electrons. The van der Waals surface area contributed by atoms with Gasteiger partial charge in [0, 0.05) is 0 Å². The minimum absolute atomic E-state index is 0.0736. The van der Waals surface area contributed by atoms with Gasteiger partial charge in [0.05, 0.1) is 6.61 Å². The molecule has 0 amide bonds. The van der Waals surface area contributed by atoms with Gasteiger partial charge in [-0.25, -0.2) is 0 Å². The van der Waals surface area contributed by atoms with Crippen LogP contribution < -0.4 is 0 Å². The van der Waals surface area contributed by atoms with Gasteiger partial charge in [-0.1, -0.05) is 0 Å². The Hall–Kier alpha value is 0.100. The highest BCUT2D eigenvalue weighted by molar-refractivity contribution is 7.95.